The van der Waals surface area contributed by atoms with Crippen LogP contribution in [0.2, 0.25) is 5.02 Å². The smallest absolute Gasteiger partial charge is 0.433 e. The number of methoxy groups -OCH3 is 1. The molecule has 4 aromatic rings. The summed E-state index contributed by atoms with van der Waals surface area (Å²) in [5, 5.41) is 3.59. The zero-order valence-electron chi connectivity index (χ0n) is 21.4. The molecular formula is C27H22ClF6N5O2. The summed E-state index contributed by atoms with van der Waals surface area (Å²) in [6, 6.07) is 12.2. The van der Waals surface area contributed by atoms with Crippen molar-refractivity contribution in [2.75, 3.05) is 33.3 Å². The summed E-state index contributed by atoms with van der Waals surface area (Å²) in [6.45, 7) is 1.26. The first-order chi connectivity index (χ1) is 19.3. The lowest BCUT2D eigenvalue weighted by Crippen LogP contribution is -2.48. The van der Waals surface area contributed by atoms with Crippen molar-refractivity contribution < 1.29 is 35.9 Å². The van der Waals surface area contributed by atoms with Crippen LogP contribution in [0.3, 0.4) is 0 Å². The standard InChI is InChI=1S/C27H22ClF6N5O2/c1-41-19-7-3-5-17(13-19)20-14-21(27(32,33)34)39-24(35-20)22(28)23(36-39)25(40)38-10-8-37(9-11-38)15-16-4-2-6-18(12-16)26(29,30)31/h2-7,12-14H,8-11,15H2,1H3. The van der Waals surface area contributed by atoms with Crippen LogP contribution in [0.4, 0.5) is 26.3 Å². The summed E-state index contributed by atoms with van der Waals surface area (Å²) >= 11 is 6.41. The Kier molecular flexibility index (Phi) is 7.60. The van der Waals surface area contributed by atoms with Gasteiger partial charge >= 0.3 is 12.4 Å². The lowest BCUT2D eigenvalue weighted by molar-refractivity contribution is -0.142. The van der Waals surface area contributed by atoms with Gasteiger partial charge < -0.3 is 9.64 Å². The van der Waals surface area contributed by atoms with Crippen LogP contribution in [0.15, 0.2) is 54.6 Å². The summed E-state index contributed by atoms with van der Waals surface area (Å²) < 4.78 is 86.9. The number of rotatable bonds is 5. The summed E-state index contributed by atoms with van der Waals surface area (Å²) in [7, 11) is 1.42. The molecule has 7 nitrogen and oxygen atoms in total. The Bertz CT molecular complexity index is 1600. The predicted molar refractivity (Wildman–Crippen MR) is 138 cm³/mol. The van der Waals surface area contributed by atoms with Gasteiger partial charge in [-0.1, -0.05) is 41.9 Å². The maximum atomic E-state index is 14.0. The van der Waals surface area contributed by atoms with E-state index >= 15 is 0 Å². The van der Waals surface area contributed by atoms with E-state index in [4.69, 9.17) is 16.3 Å². The van der Waals surface area contributed by atoms with Gasteiger partial charge in [-0.05, 0) is 29.8 Å². The molecule has 0 radical (unpaired) electrons. The second kappa shape index (κ2) is 10.9. The molecule has 0 spiro atoms. The number of nitrogens with zero attached hydrogens (tertiary/aromatic N) is 5. The monoisotopic (exact) mass is 597 g/mol. The van der Waals surface area contributed by atoms with E-state index in [-0.39, 0.29) is 41.7 Å². The Labute approximate surface area is 234 Å². The number of fused-ring (bicyclic) bond motifs is 1. The number of hydrogen-bond donors (Lipinski definition) is 0. The highest BCUT2D eigenvalue weighted by Crippen LogP contribution is 2.35. The number of piperazine rings is 1. The SMILES string of the molecule is COc1cccc(-c2cc(C(F)(F)F)n3nc(C(=O)N4CCN(Cc5cccc(C(F)(F)F)c5)CC4)c(Cl)c3n2)c1. The first-order valence-corrected chi connectivity index (χ1v) is 12.7. The van der Waals surface area contributed by atoms with Crippen LogP contribution in [0.1, 0.15) is 27.3 Å². The van der Waals surface area contributed by atoms with E-state index in [1.807, 2.05) is 4.90 Å². The van der Waals surface area contributed by atoms with E-state index in [1.165, 1.54) is 24.1 Å². The van der Waals surface area contributed by atoms with E-state index in [0.29, 0.717) is 34.5 Å². The largest absolute Gasteiger partial charge is 0.497 e. The Morgan fingerprint density at radius 2 is 1.66 bits per heavy atom. The molecule has 0 unspecified atom stereocenters. The molecule has 2 aromatic carbocycles. The van der Waals surface area contributed by atoms with Gasteiger partial charge in [-0.2, -0.15) is 31.4 Å². The van der Waals surface area contributed by atoms with Gasteiger partial charge in [-0.25, -0.2) is 9.50 Å². The molecule has 14 heteroatoms. The number of carbonyl (C=O) groups excluding carboxylic acids is 1. The molecule has 216 valence electrons. The quantitative estimate of drug-likeness (QED) is 0.262. The third kappa shape index (κ3) is 5.96. The molecule has 0 saturated carbocycles. The molecule has 1 amide bonds. The van der Waals surface area contributed by atoms with Crippen molar-refractivity contribution in [2.24, 2.45) is 0 Å². The van der Waals surface area contributed by atoms with Gasteiger partial charge in [0.25, 0.3) is 5.91 Å². The molecule has 1 fully saturated rings. The second-order valence-corrected chi connectivity index (χ2v) is 9.80. The fourth-order valence-corrected chi connectivity index (χ4v) is 4.86. The minimum atomic E-state index is -4.83. The summed E-state index contributed by atoms with van der Waals surface area (Å²) in [6.07, 6.45) is -9.29. The second-order valence-electron chi connectivity index (χ2n) is 9.42. The zero-order valence-corrected chi connectivity index (χ0v) is 22.2. The first-order valence-electron chi connectivity index (χ1n) is 12.3. The van der Waals surface area contributed by atoms with E-state index in [1.54, 1.807) is 24.3 Å². The highest BCUT2D eigenvalue weighted by Gasteiger charge is 2.37. The van der Waals surface area contributed by atoms with Gasteiger partial charge in [0.1, 0.15) is 10.8 Å². The maximum Gasteiger partial charge on any atom is 0.433 e. The summed E-state index contributed by atoms with van der Waals surface area (Å²) in [5.74, 6) is -0.254. The number of halogens is 7. The van der Waals surface area contributed by atoms with Crippen molar-refractivity contribution in [1.29, 1.82) is 0 Å². The Balaban J connectivity index is 1.38. The van der Waals surface area contributed by atoms with Gasteiger partial charge in [-0.3, -0.25) is 9.69 Å². The molecule has 1 saturated heterocycles. The maximum absolute atomic E-state index is 14.0. The van der Waals surface area contributed by atoms with Crippen LogP contribution in [-0.4, -0.2) is 63.6 Å². The Hall–Kier alpha value is -3.84. The predicted octanol–water partition coefficient (Wildman–Crippen LogP) is 6.05. The minimum absolute atomic E-state index is 0.0345. The molecular weight excluding hydrogens is 576 g/mol. The van der Waals surface area contributed by atoms with Crippen molar-refractivity contribution in [1.82, 2.24) is 24.4 Å². The average Bonchev–Trinajstić information content (AvgIpc) is 3.27. The number of benzene rings is 2. The molecule has 0 N–H and O–H groups in total. The molecule has 3 heterocycles. The average molecular weight is 598 g/mol. The molecule has 0 atom stereocenters. The fourth-order valence-electron chi connectivity index (χ4n) is 4.62. The number of ether oxygens (including phenoxy) is 1. The molecule has 2 aromatic heterocycles. The summed E-state index contributed by atoms with van der Waals surface area (Å²) in [4.78, 5) is 20.9. The Morgan fingerprint density at radius 1 is 0.951 bits per heavy atom. The minimum Gasteiger partial charge on any atom is -0.497 e. The molecule has 41 heavy (non-hydrogen) atoms. The Morgan fingerprint density at radius 3 is 2.32 bits per heavy atom. The topological polar surface area (TPSA) is 63.0 Å². The van der Waals surface area contributed by atoms with Crippen molar-refractivity contribution in [3.63, 3.8) is 0 Å². The molecule has 5 rings (SSSR count). The van der Waals surface area contributed by atoms with Crippen molar-refractivity contribution >= 4 is 23.2 Å². The van der Waals surface area contributed by atoms with Crippen LogP contribution in [-0.2, 0) is 18.9 Å². The van der Waals surface area contributed by atoms with Gasteiger partial charge in [-0.15, -0.1) is 0 Å². The van der Waals surface area contributed by atoms with Crippen molar-refractivity contribution in [2.45, 2.75) is 18.9 Å². The van der Waals surface area contributed by atoms with E-state index in [9.17, 15) is 31.1 Å². The number of carbonyl (C=O) groups is 1. The highest BCUT2D eigenvalue weighted by atomic mass is 35.5. The van der Waals surface area contributed by atoms with Crippen LogP contribution in [0, 0.1) is 0 Å². The van der Waals surface area contributed by atoms with E-state index < -0.39 is 29.5 Å². The van der Waals surface area contributed by atoms with E-state index in [0.717, 1.165) is 18.2 Å². The third-order valence-corrected chi connectivity index (χ3v) is 7.06. The first kappa shape index (κ1) is 28.7. The third-order valence-electron chi connectivity index (χ3n) is 6.71. The summed E-state index contributed by atoms with van der Waals surface area (Å²) in [5.41, 5.74) is -1.82. The number of aromatic nitrogens is 3. The van der Waals surface area contributed by atoms with Gasteiger partial charge in [0.15, 0.2) is 17.0 Å². The zero-order chi connectivity index (χ0) is 29.5. The van der Waals surface area contributed by atoms with E-state index in [2.05, 4.69) is 10.1 Å². The van der Waals surface area contributed by atoms with Crippen molar-refractivity contribution in [3.8, 4) is 17.0 Å². The molecule has 1 aliphatic rings. The van der Waals surface area contributed by atoms with Gasteiger partial charge in [0, 0.05) is 38.3 Å². The highest BCUT2D eigenvalue weighted by molar-refractivity contribution is 6.36. The van der Waals surface area contributed by atoms with Crippen molar-refractivity contribution in [3.05, 3.63) is 82.1 Å². The number of hydrogen-bond acceptors (Lipinski definition) is 5. The molecule has 0 bridgehead atoms. The number of alkyl halides is 6. The lowest BCUT2D eigenvalue weighted by Gasteiger charge is -2.34. The van der Waals surface area contributed by atoms with Crippen LogP contribution >= 0.6 is 11.6 Å². The van der Waals surface area contributed by atoms with Gasteiger partial charge in [0.2, 0.25) is 0 Å². The number of amides is 1. The normalized spacial score (nSPS) is 15.0. The van der Waals surface area contributed by atoms with Gasteiger partial charge in [0.05, 0.1) is 18.4 Å². The van der Waals surface area contributed by atoms with Crippen LogP contribution < -0.4 is 4.74 Å². The molecule has 0 aliphatic carbocycles. The lowest BCUT2D eigenvalue weighted by atomic mass is 10.1. The van der Waals surface area contributed by atoms with Crippen LogP contribution in [0.5, 0.6) is 5.75 Å². The van der Waals surface area contributed by atoms with Crippen LogP contribution in [0.25, 0.3) is 16.9 Å². The fraction of sp³-hybridized carbons (Fsp3) is 0.296. The molecule has 1 aliphatic heterocycles.